The van der Waals surface area contributed by atoms with Gasteiger partial charge in [-0.25, -0.2) is 0 Å². The van der Waals surface area contributed by atoms with Crippen LogP contribution in [-0.4, -0.2) is 66.8 Å². The summed E-state index contributed by atoms with van der Waals surface area (Å²) in [4.78, 5) is 16.5. The van der Waals surface area contributed by atoms with Gasteiger partial charge in [-0.3, -0.25) is 9.69 Å². The minimum atomic E-state index is -0.257. The molecular formula is C18H28N2O3. The molecule has 1 aromatic rings. The molecule has 0 aliphatic carbocycles. The second-order valence-electron chi connectivity index (χ2n) is 6.09. The third kappa shape index (κ3) is 5.52. The number of hydrogen-bond acceptors (Lipinski definition) is 4. The third-order valence-electron chi connectivity index (χ3n) is 4.45. The number of hydrogen-bond donors (Lipinski definition) is 1. The number of piperazine rings is 1. The van der Waals surface area contributed by atoms with Gasteiger partial charge in [0.05, 0.1) is 13.2 Å². The summed E-state index contributed by atoms with van der Waals surface area (Å²) in [6.45, 7) is 5.93. The standard InChI is InChI=1S/C18H28N2O3/c1-3-16(21)14-19-10-12-20(13-11-19)18(22)9-6-15-4-7-17(23-2)8-5-15/h4-5,7-8,16,21H,3,6,9-14H2,1-2H3/t16-/m0/s1. The first-order valence-electron chi connectivity index (χ1n) is 8.43. The number of β-amino-alcohol motifs (C(OH)–C–C–N with tert-alkyl or cyclic N) is 1. The third-order valence-corrected chi connectivity index (χ3v) is 4.45. The summed E-state index contributed by atoms with van der Waals surface area (Å²) in [6.07, 6.45) is 1.83. The van der Waals surface area contributed by atoms with Crippen LogP contribution in [0, 0.1) is 0 Å². The van der Waals surface area contributed by atoms with Crippen molar-refractivity contribution in [1.29, 1.82) is 0 Å². The van der Waals surface area contributed by atoms with Crippen molar-refractivity contribution in [3.8, 4) is 5.75 Å². The molecule has 0 bridgehead atoms. The average Bonchev–Trinajstić information content (AvgIpc) is 2.60. The van der Waals surface area contributed by atoms with Gasteiger partial charge in [-0.05, 0) is 30.5 Å². The molecule has 0 spiro atoms. The van der Waals surface area contributed by atoms with E-state index >= 15 is 0 Å². The van der Waals surface area contributed by atoms with Gasteiger partial charge in [0.25, 0.3) is 0 Å². The normalized spacial score (nSPS) is 17.1. The molecule has 0 unspecified atom stereocenters. The lowest BCUT2D eigenvalue weighted by atomic mass is 10.1. The van der Waals surface area contributed by atoms with Crippen molar-refractivity contribution < 1.29 is 14.6 Å². The highest BCUT2D eigenvalue weighted by atomic mass is 16.5. The van der Waals surface area contributed by atoms with E-state index in [0.29, 0.717) is 13.0 Å². The van der Waals surface area contributed by atoms with Crippen LogP contribution in [-0.2, 0) is 11.2 Å². The van der Waals surface area contributed by atoms with Crippen molar-refractivity contribution in [2.24, 2.45) is 0 Å². The van der Waals surface area contributed by atoms with Crippen LogP contribution in [0.5, 0.6) is 5.75 Å². The van der Waals surface area contributed by atoms with E-state index in [1.807, 2.05) is 36.1 Å². The van der Waals surface area contributed by atoms with E-state index in [2.05, 4.69) is 4.90 Å². The Morgan fingerprint density at radius 2 is 1.87 bits per heavy atom. The molecule has 1 aliphatic rings. The Labute approximate surface area is 138 Å². The first-order chi connectivity index (χ1) is 11.1. The smallest absolute Gasteiger partial charge is 0.222 e. The number of ether oxygens (including phenoxy) is 1. The molecule has 128 valence electrons. The number of carbonyl (C=O) groups excluding carboxylic acids is 1. The number of aliphatic hydroxyl groups is 1. The molecule has 0 radical (unpaired) electrons. The molecular weight excluding hydrogens is 292 g/mol. The Bertz CT molecular complexity index is 482. The van der Waals surface area contributed by atoms with E-state index in [1.54, 1.807) is 7.11 Å². The highest BCUT2D eigenvalue weighted by Gasteiger charge is 2.21. The number of amides is 1. The van der Waals surface area contributed by atoms with E-state index in [1.165, 1.54) is 0 Å². The van der Waals surface area contributed by atoms with Crippen LogP contribution >= 0.6 is 0 Å². The molecule has 1 amide bonds. The Kier molecular flexibility index (Phi) is 6.86. The first-order valence-corrected chi connectivity index (χ1v) is 8.43. The maximum Gasteiger partial charge on any atom is 0.222 e. The van der Waals surface area contributed by atoms with Gasteiger partial charge in [0.2, 0.25) is 5.91 Å². The lowest BCUT2D eigenvalue weighted by molar-refractivity contribution is -0.133. The molecule has 5 heteroatoms. The molecule has 1 atom stereocenters. The van der Waals surface area contributed by atoms with Gasteiger partial charge in [-0.2, -0.15) is 0 Å². The Balaban J connectivity index is 1.72. The molecule has 2 rings (SSSR count). The molecule has 23 heavy (non-hydrogen) atoms. The number of rotatable bonds is 7. The van der Waals surface area contributed by atoms with E-state index in [9.17, 15) is 9.90 Å². The van der Waals surface area contributed by atoms with Crippen LogP contribution in [0.1, 0.15) is 25.3 Å². The molecule has 1 N–H and O–H groups in total. The van der Waals surface area contributed by atoms with Crippen molar-refractivity contribution in [1.82, 2.24) is 9.80 Å². The van der Waals surface area contributed by atoms with Gasteiger partial charge in [0.1, 0.15) is 5.75 Å². The number of aliphatic hydroxyl groups excluding tert-OH is 1. The zero-order valence-corrected chi connectivity index (χ0v) is 14.2. The maximum absolute atomic E-state index is 12.3. The van der Waals surface area contributed by atoms with Gasteiger partial charge in [-0.1, -0.05) is 19.1 Å². The van der Waals surface area contributed by atoms with E-state index in [4.69, 9.17) is 4.74 Å². The number of aryl methyl sites for hydroxylation is 1. The minimum Gasteiger partial charge on any atom is -0.497 e. The summed E-state index contributed by atoms with van der Waals surface area (Å²) < 4.78 is 5.14. The molecule has 5 nitrogen and oxygen atoms in total. The topological polar surface area (TPSA) is 53.0 Å². The summed E-state index contributed by atoms with van der Waals surface area (Å²) in [7, 11) is 1.65. The summed E-state index contributed by atoms with van der Waals surface area (Å²) in [5.41, 5.74) is 1.16. The predicted molar refractivity (Wildman–Crippen MR) is 90.6 cm³/mol. The SMILES string of the molecule is CC[C@H](O)CN1CCN(C(=O)CCc2ccc(OC)cc2)CC1. The van der Waals surface area contributed by atoms with E-state index in [0.717, 1.165) is 50.3 Å². The Morgan fingerprint density at radius 1 is 1.22 bits per heavy atom. The lowest BCUT2D eigenvalue weighted by Crippen LogP contribution is -2.50. The number of nitrogens with zero attached hydrogens (tertiary/aromatic N) is 2. The second kappa shape index (κ2) is 8.89. The summed E-state index contributed by atoms with van der Waals surface area (Å²) in [6, 6.07) is 7.88. The van der Waals surface area contributed by atoms with Crippen molar-refractivity contribution in [2.75, 3.05) is 39.8 Å². The van der Waals surface area contributed by atoms with Crippen molar-refractivity contribution in [3.05, 3.63) is 29.8 Å². The predicted octanol–water partition coefficient (Wildman–Crippen LogP) is 1.54. The van der Waals surface area contributed by atoms with Gasteiger partial charge in [0.15, 0.2) is 0 Å². The minimum absolute atomic E-state index is 0.219. The fraction of sp³-hybridized carbons (Fsp3) is 0.611. The van der Waals surface area contributed by atoms with Crippen LogP contribution in [0.4, 0.5) is 0 Å². The quantitative estimate of drug-likeness (QED) is 0.828. The van der Waals surface area contributed by atoms with E-state index < -0.39 is 0 Å². The molecule has 1 aromatic carbocycles. The molecule has 0 aromatic heterocycles. The average molecular weight is 320 g/mol. The largest absolute Gasteiger partial charge is 0.497 e. The number of carbonyl (C=O) groups is 1. The second-order valence-corrected chi connectivity index (χ2v) is 6.09. The van der Waals surface area contributed by atoms with Gasteiger partial charge >= 0.3 is 0 Å². The van der Waals surface area contributed by atoms with Gasteiger partial charge < -0.3 is 14.7 Å². The van der Waals surface area contributed by atoms with Crippen LogP contribution in [0.3, 0.4) is 0 Å². The monoisotopic (exact) mass is 320 g/mol. The van der Waals surface area contributed by atoms with Gasteiger partial charge in [0, 0.05) is 39.1 Å². The molecule has 0 saturated carbocycles. The number of methoxy groups -OCH3 is 1. The van der Waals surface area contributed by atoms with Crippen molar-refractivity contribution >= 4 is 5.91 Å². The Morgan fingerprint density at radius 3 is 2.43 bits per heavy atom. The van der Waals surface area contributed by atoms with Crippen molar-refractivity contribution in [2.45, 2.75) is 32.3 Å². The summed E-state index contributed by atoms with van der Waals surface area (Å²) in [5, 5.41) is 9.70. The highest BCUT2D eigenvalue weighted by molar-refractivity contribution is 5.76. The van der Waals surface area contributed by atoms with Crippen LogP contribution in [0.2, 0.25) is 0 Å². The summed E-state index contributed by atoms with van der Waals surface area (Å²) >= 11 is 0. The fourth-order valence-corrected chi connectivity index (χ4v) is 2.81. The van der Waals surface area contributed by atoms with Gasteiger partial charge in [-0.15, -0.1) is 0 Å². The van der Waals surface area contributed by atoms with Crippen LogP contribution in [0.15, 0.2) is 24.3 Å². The lowest BCUT2D eigenvalue weighted by Gasteiger charge is -2.35. The zero-order chi connectivity index (χ0) is 16.7. The summed E-state index contributed by atoms with van der Waals surface area (Å²) in [5.74, 6) is 1.06. The molecule has 1 heterocycles. The molecule has 1 aliphatic heterocycles. The zero-order valence-electron chi connectivity index (χ0n) is 14.2. The van der Waals surface area contributed by atoms with E-state index in [-0.39, 0.29) is 12.0 Å². The molecule has 1 fully saturated rings. The first kappa shape index (κ1) is 17.8. The van der Waals surface area contributed by atoms with Crippen LogP contribution in [0.25, 0.3) is 0 Å². The fourth-order valence-electron chi connectivity index (χ4n) is 2.81. The maximum atomic E-state index is 12.3. The molecule has 1 saturated heterocycles. The highest BCUT2D eigenvalue weighted by Crippen LogP contribution is 2.13. The Hall–Kier alpha value is -1.59. The van der Waals surface area contributed by atoms with Crippen LogP contribution < -0.4 is 4.74 Å². The number of benzene rings is 1. The van der Waals surface area contributed by atoms with Crippen molar-refractivity contribution in [3.63, 3.8) is 0 Å².